The fourth-order valence-corrected chi connectivity index (χ4v) is 3.06. The number of hydrogen-bond acceptors (Lipinski definition) is 2. The summed E-state index contributed by atoms with van der Waals surface area (Å²) in [6, 6.07) is 13.2. The molecule has 0 heterocycles. The minimum atomic E-state index is -0.883. The first kappa shape index (κ1) is 15.3. The van der Waals surface area contributed by atoms with Crippen LogP contribution in [0.25, 0.3) is 0 Å². The van der Waals surface area contributed by atoms with Crippen molar-refractivity contribution >= 4 is 17.6 Å². The van der Waals surface area contributed by atoms with Crippen molar-refractivity contribution in [3.8, 4) is 0 Å². The van der Waals surface area contributed by atoms with Crippen LogP contribution in [-0.2, 0) is 35.3 Å². The number of aliphatic carboxylic acids is 1. The average molecular weight is 309 g/mol. The number of carbonyl (C=O) groups is 2. The van der Waals surface area contributed by atoms with E-state index in [1.807, 2.05) is 6.07 Å². The van der Waals surface area contributed by atoms with Gasteiger partial charge in [0.05, 0.1) is 12.8 Å². The van der Waals surface area contributed by atoms with Gasteiger partial charge in [0.15, 0.2) is 0 Å². The van der Waals surface area contributed by atoms with Gasteiger partial charge in [0.2, 0.25) is 5.91 Å². The van der Waals surface area contributed by atoms with Crippen molar-refractivity contribution in [3.63, 3.8) is 0 Å². The molecule has 2 aromatic carbocycles. The van der Waals surface area contributed by atoms with Crippen LogP contribution >= 0.6 is 0 Å². The van der Waals surface area contributed by atoms with E-state index in [-0.39, 0.29) is 12.3 Å². The molecule has 0 aliphatic heterocycles. The Morgan fingerprint density at radius 3 is 2.57 bits per heavy atom. The van der Waals surface area contributed by atoms with E-state index in [1.165, 1.54) is 17.5 Å². The molecule has 0 saturated heterocycles. The number of benzene rings is 2. The molecule has 0 radical (unpaired) electrons. The number of carboxylic acid groups (broad SMARTS) is 1. The van der Waals surface area contributed by atoms with Gasteiger partial charge in [0.25, 0.3) is 0 Å². The quantitative estimate of drug-likeness (QED) is 0.892. The Balaban J connectivity index is 1.64. The number of nitrogens with one attached hydrogen (secondary N) is 1. The zero-order valence-corrected chi connectivity index (χ0v) is 12.8. The Morgan fingerprint density at radius 2 is 1.74 bits per heavy atom. The summed E-state index contributed by atoms with van der Waals surface area (Å²) in [5.74, 6) is -0.970. The number of rotatable bonds is 5. The lowest BCUT2D eigenvalue weighted by molar-refractivity contribution is -0.136. The van der Waals surface area contributed by atoms with E-state index >= 15 is 0 Å². The average Bonchev–Trinajstić information content (AvgIpc) is 2.94. The lowest BCUT2D eigenvalue weighted by atomic mass is 10.0. The summed E-state index contributed by atoms with van der Waals surface area (Å²) in [6.45, 7) is 0. The number of amides is 1. The molecule has 2 N–H and O–H groups in total. The third-order valence-electron chi connectivity index (χ3n) is 4.09. The van der Waals surface area contributed by atoms with Gasteiger partial charge in [-0.2, -0.15) is 0 Å². The molecule has 23 heavy (non-hydrogen) atoms. The Morgan fingerprint density at radius 1 is 0.957 bits per heavy atom. The number of fused-ring (bicyclic) bond motifs is 1. The van der Waals surface area contributed by atoms with E-state index in [1.54, 1.807) is 24.3 Å². The molecule has 1 aliphatic rings. The molecule has 2 aromatic rings. The van der Waals surface area contributed by atoms with E-state index in [0.29, 0.717) is 17.7 Å². The second-order valence-electron chi connectivity index (χ2n) is 5.95. The minimum Gasteiger partial charge on any atom is -0.481 e. The van der Waals surface area contributed by atoms with E-state index in [4.69, 9.17) is 5.11 Å². The first-order valence-electron chi connectivity index (χ1n) is 7.81. The van der Waals surface area contributed by atoms with Gasteiger partial charge in [0.1, 0.15) is 0 Å². The molecule has 0 unspecified atom stereocenters. The van der Waals surface area contributed by atoms with Gasteiger partial charge in [-0.25, -0.2) is 0 Å². The minimum absolute atomic E-state index is 0.0471. The number of carboxylic acids is 1. The highest BCUT2D eigenvalue weighted by Gasteiger charge is 2.12. The monoisotopic (exact) mass is 309 g/mol. The van der Waals surface area contributed by atoms with Crippen molar-refractivity contribution in [2.75, 3.05) is 5.32 Å². The summed E-state index contributed by atoms with van der Waals surface area (Å²) in [7, 11) is 0. The maximum atomic E-state index is 12.2. The SMILES string of the molecule is O=C(O)Cc1cccc(NC(=O)Cc2ccc3c(c2)CCC3)c1. The highest BCUT2D eigenvalue weighted by molar-refractivity contribution is 5.92. The number of anilines is 1. The smallest absolute Gasteiger partial charge is 0.307 e. The van der Waals surface area contributed by atoms with Crippen LogP contribution in [-0.4, -0.2) is 17.0 Å². The van der Waals surface area contributed by atoms with E-state index in [9.17, 15) is 9.59 Å². The second-order valence-corrected chi connectivity index (χ2v) is 5.95. The summed E-state index contributed by atoms with van der Waals surface area (Å²) in [4.78, 5) is 22.9. The van der Waals surface area contributed by atoms with Gasteiger partial charge in [-0.1, -0.05) is 30.3 Å². The molecule has 1 aliphatic carbocycles. The third-order valence-corrected chi connectivity index (χ3v) is 4.09. The normalized spacial score (nSPS) is 12.7. The van der Waals surface area contributed by atoms with Crippen molar-refractivity contribution in [1.82, 2.24) is 0 Å². The Labute approximate surface area is 135 Å². The van der Waals surface area contributed by atoms with Gasteiger partial charge in [-0.3, -0.25) is 9.59 Å². The Kier molecular flexibility index (Phi) is 4.42. The number of aryl methyl sites for hydroxylation is 2. The van der Waals surface area contributed by atoms with Crippen LogP contribution in [0.1, 0.15) is 28.7 Å². The topological polar surface area (TPSA) is 66.4 Å². The summed E-state index contributed by atoms with van der Waals surface area (Å²) in [5.41, 5.74) is 5.09. The molecule has 4 heteroatoms. The van der Waals surface area contributed by atoms with E-state index in [2.05, 4.69) is 17.4 Å². The number of hydrogen-bond donors (Lipinski definition) is 2. The molecule has 4 nitrogen and oxygen atoms in total. The first-order chi connectivity index (χ1) is 11.1. The predicted octanol–water partition coefficient (Wildman–Crippen LogP) is 2.98. The van der Waals surface area contributed by atoms with Crippen molar-refractivity contribution in [3.05, 3.63) is 64.7 Å². The largest absolute Gasteiger partial charge is 0.481 e. The van der Waals surface area contributed by atoms with Crippen LogP contribution in [0.2, 0.25) is 0 Å². The van der Waals surface area contributed by atoms with E-state index < -0.39 is 5.97 Å². The standard InChI is InChI=1S/C19H19NO3/c21-18(11-14-7-8-15-4-2-5-16(15)9-14)20-17-6-1-3-13(10-17)12-19(22)23/h1,3,6-10H,2,4-5,11-12H2,(H,20,21)(H,22,23). The zero-order chi connectivity index (χ0) is 16.2. The van der Waals surface area contributed by atoms with Crippen LogP contribution in [0.5, 0.6) is 0 Å². The lowest BCUT2D eigenvalue weighted by Gasteiger charge is -2.08. The molecule has 0 atom stereocenters. The summed E-state index contributed by atoms with van der Waals surface area (Å²) >= 11 is 0. The van der Waals surface area contributed by atoms with Gasteiger partial charge < -0.3 is 10.4 Å². The van der Waals surface area contributed by atoms with Gasteiger partial charge >= 0.3 is 5.97 Å². The molecule has 118 valence electrons. The first-order valence-corrected chi connectivity index (χ1v) is 7.81. The van der Waals surface area contributed by atoms with Crippen molar-refractivity contribution in [1.29, 1.82) is 0 Å². The summed E-state index contributed by atoms with van der Waals surface area (Å²) < 4.78 is 0. The molecule has 0 bridgehead atoms. The van der Waals surface area contributed by atoms with Crippen LogP contribution < -0.4 is 5.32 Å². The number of carbonyl (C=O) groups excluding carboxylic acids is 1. The van der Waals surface area contributed by atoms with E-state index in [0.717, 1.165) is 18.4 Å². The second kappa shape index (κ2) is 6.65. The highest BCUT2D eigenvalue weighted by Crippen LogP contribution is 2.23. The van der Waals surface area contributed by atoms with Crippen LogP contribution in [0.3, 0.4) is 0 Å². The Hall–Kier alpha value is -2.62. The van der Waals surface area contributed by atoms with Crippen LogP contribution in [0.4, 0.5) is 5.69 Å². The van der Waals surface area contributed by atoms with Crippen molar-refractivity contribution in [2.24, 2.45) is 0 Å². The van der Waals surface area contributed by atoms with Gasteiger partial charge in [-0.05, 0) is 53.6 Å². The molecule has 1 amide bonds. The van der Waals surface area contributed by atoms with Crippen molar-refractivity contribution < 1.29 is 14.7 Å². The molecule has 0 fully saturated rings. The zero-order valence-electron chi connectivity index (χ0n) is 12.8. The van der Waals surface area contributed by atoms with Crippen LogP contribution in [0.15, 0.2) is 42.5 Å². The molecular formula is C19H19NO3. The Bertz CT molecular complexity index is 752. The molecule has 0 saturated carbocycles. The molecular weight excluding hydrogens is 290 g/mol. The molecule has 0 aromatic heterocycles. The van der Waals surface area contributed by atoms with Gasteiger partial charge in [0, 0.05) is 5.69 Å². The third kappa shape index (κ3) is 3.97. The van der Waals surface area contributed by atoms with Gasteiger partial charge in [-0.15, -0.1) is 0 Å². The fraction of sp³-hybridized carbons (Fsp3) is 0.263. The molecule has 0 spiro atoms. The predicted molar refractivity (Wildman–Crippen MR) is 88.6 cm³/mol. The van der Waals surface area contributed by atoms with Crippen LogP contribution in [0, 0.1) is 0 Å². The van der Waals surface area contributed by atoms with Crippen molar-refractivity contribution in [2.45, 2.75) is 32.1 Å². The maximum Gasteiger partial charge on any atom is 0.307 e. The summed E-state index contributed by atoms with van der Waals surface area (Å²) in [6.07, 6.45) is 3.71. The lowest BCUT2D eigenvalue weighted by Crippen LogP contribution is -2.14. The maximum absolute atomic E-state index is 12.2. The molecule has 3 rings (SSSR count). The highest BCUT2D eigenvalue weighted by atomic mass is 16.4. The fourth-order valence-electron chi connectivity index (χ4n) is 3.06. The summed E-state index contributed by atoms with van der Waals surface area (Å²) in [5, 5.41) is 11.7.